The van der Waals surface area contributed by atoms with E-state index in [2.05, 4.69) is 50.8 Å². The molecular weight excluding hydrogens is 1540 g/mol. The Labute approximate surface area is 701 Å². The number of nitrogens with zero attached hydrogens (tertiary/aromatic N) is 2. The van der Waals surface area contributed by atoms with Crippen molar-refractivity contribution in [1.29, 1.82) is 0 Å². The highest BCUT2D eigenvalue weighted by Gasteiger charge is 2.28. The molecule has 0 saturated carbocycles. The van der Waals surface area contributed by atoms with Crippen LogP contribution < -0.4 is 25.4 Å². The number of benzene rings is 8. The molecule has 0 aliphatic rings. The summed E-state index contributed by atoms with van der Waals surface area (Å²) in [6, 6.07) is 54.5. The molecule has 0 atom stereocenters. The number of carbonyl (C=O) groups is 7. The van der Waals surface area contributed by atoms with Crippen molar-refractivity contribution < 1.29 is 82.0 Å². The van der Waals surface area contributed by atoms with Crippen molar-refractivity contribution in [3.05, 3.63) is 234 Å². The van der Waals surface area contributed by atoms with E-state index in [0.29, 0.717) is 139 Å². The van der Waals surface area contributed by atoms with Crippen LogP contribution in [-0.2, 0) is 23.7 Å². The fraction of sp³-hybridized carbons (Fsp3) is 0.309. The summed E-state index contributed by atoms with van der Waals surface area (Å²) in [4.78, 5) is 112. The number of fused-ring (bicyclic) bond motifs is 4. The maximum absolute atomic E-state index is 12.8. The number of ether oxygens (including phenoxy) is 7. The molecule has 27 heteroatoms. The standard InChI is InChI=1S/C29H38N2O7.C24H28N2O5.C22H21N3O2.C19H19N3O3/c1-29(2,3)27(32)21-5-10-25-22(19-21)20-26(31-25)28(33)30-23-6-8-24(9-7-23)38-18-17-37-16-15-36-14-13-35-12-11-34-4;1-24(2,3)22(28)16-4-9-20-17(14-16)15-21(26-20)23(29)25-18-5-7-19(8-6-18)31-13-12-30-11-10-27;1-22(2,3)20(27)14-6-9-17-18(10-14)25-21(24-17)19-11-15(12-23-19)13-4-7-16(26)8-5-13;1-19(2,3)16(24)11-4-9-14-15(10-11)22-17(21-14)18(25)20-12-5-7-13(23)8-6-12/h5-10,19-20,31H,11-18H2,1-4H3,(H,30,33);4-9,14-15,26-27H,10-13H2,1-3H3,(H,25,29);4-12,23,26H,1-3H3,(H,24,25);4-10,23H,1-3H3,(H,20,25)(H,21,22). The average Bonchev–Trinajstić information content (AvgIpc) is 1.63. The Morgan fingerprint density at radius 2 is 0.736 bits per heavy atom. The zero-order valence-corrected chi connectivity index (χ0v) is 70.4. The number of hydrogen-bond donors (Lipinski definition) is 11. The number of imidazole rings is 2. The van der Waals surface area contributed by atoms with Crippen LogP contribution in [0.15, 0.2) is 194 Å². The summed E-state index contributed by atoms with van der Waals surface area (Å²) < 4.78 is 37.5. The van der Waals surface area contributed by atoms with E-state index in [9.17, 15) is 43.8 Å². The van der Waals surface area contributed by atoms with Gasteiger partial charge in [0.25, 0.3) is 17.7 Å². The van der Waals surface area contributed by atoms with Crippen molar-refractivity contribution in [1.82, 2.24) is 34.9 Å². The van der Waals surface area contributed by atoms with Crippen LogP contribution >= 0.6 is 0 Å². The normalized spacial score (nSPS) is 11.6. The van der Waals surface area contributed by atoms with Gasteiger partial charge in [0.05, 0.1) is 93.8 Å². The van der Waals surface area contributed by atoms with Crippen LogP contribution in [0.2, 0.25) is 0 Å². The summed E-state index contributed by atoms with van der Waals surface area (Å²) in [5, 5.41) is 37.4. The molecule has 0 radical (unpaired) electrons. The summed E-state index contributed by atoms with van der Waals surface area (Å²) in [7, 11) is 1.64. The predicted molar refractivity (Wildman–Crippen MR) is 469 cm³/mol. The number of ketones is 4. The first-order valence-electron chi connectivity index (χ1n) is 39.6. The number of anilines is 3. The number of methoxy groups -OCH3 is 1. The topological polar surface area (TPSA) is 386 Å². The number of aromatic amines is 5. The third kappa shape index (κ3) is 26.1. The summed E-state index contributed by atoms with van der Waals surface area (Å²) in [5.41, 5.74) is 10.7. The number of Topliss-reactive ketones (excluding diaryl/α,β-unsaturated/α-hetero) is 4. The Bertz CT molecular complexity index is 5690. The van der Waals surface area contributed by atoms with Gasteiger partial charge in [0, 0.05) is 96.1 Å². The van der Waals surface area contributed by atoms with Gasteiger partial charge in [-0.1, -0.05) is 95.2 Å². The quantitative estimate of drug-likeness (QED) is 0.0109. The lowest BCUT2D eigenvalue weighted by Gasteiger charge is -2.16. The van der Waals surface area contributed by atoms with E-state index in [1.54, 1.807) is 122 Å². The van der Waals surface area contributed by atoms with E-state index >= 15 is 0 Å². The van der Waals surface area contributed by atoms with Crippen molar-refractivity contribution in [2.24, 2.45) is 21.7 Å². The van der Waals surface area contributed by atoms with Crippen molar-refractivity contribution in [3.63, 3.8) is 0 Å². The summed E-state index contributed by atoms with van der Waals surface area (Å²) in [5.74, 6) is 1.89. The third-order valence-corrected chi connectivity index (χ3v) is 18.6. The van der Waals surface area contributed by atoms with Gasteiger partial charge in [-0.15, -0.1) is 0 Å². The SMILES string of the molecule is CC(C)(C)C(=O)c1ccc2[nH]c(C(=O)Nc3ccc(OCCOCCO)cc3)cc2c1.CC(C)(C)C(=O)c1ccc2nc(-c3cc(-c4ccc(O)cc4)c[nH]3)[nH]c2c1.CC(C)(C)C(=O)c1ccc2nc(C(=O)Nc3ccc(O)cc3)[nH]c2c1.COCCOCCOCCOCCOc1ccc(NC(=O)c2cc3cc(C(=O)C(C)(C)C)ccc3[nH]2)cc1. The zero-order valence-electron chi connectivity index (χ0n) is 70.4. The minimum absolute atomic E-state index is 0.0129. The maximum Gasteiger partial charge on any atom is 0.291 e. The van der Waals surface area contributed by atoms with E-state index in [1.807, 2.05) is 150 Å². The molecule has 3 amide bonds. The molecule has 0 spiro atoms. The van der Waals surface area contributed by atoms with Gasteiger partial charge in [-0.2, -0.15) is 0 Å². The molecule has 11 N–H and O–H groups in total. The smallest absolute Gasteiger partial charge is 0.291 e. The van der Waals surface area contributed by atoms with Gasteiger partial charge in [-0.3, -0.25) is 33.6 Å². The molecule has 13 rings (SSSR count). The molecule has 27 nitrogen and oxygen atoms in total. The number of H-pyrrole nitrogens is 5. The lowest BCUT2D eigenvalue weighted by atomic mass is 9.86. The van der Waals surface area contributed by atoms with Crippen molar-refractivity contribution >= 4 is 102 Å². The van der Waals surface area contributed by atoms with Gasteiger partial charge in [0.1, 0.15) is 47.6 Å². The first kappa shape index (κ1) is 90.4. The van der Waals surface area contributed by atoms with Gasteiger partial charge in [-0.25, -0.2) is 9.97 Å². The third-order valence-electron chi connectivity index (χ3n) is 18.6. The first-order chi connectivity index (χ1) is 57.6. The second-order valence-corrected chi connectivity index (χ2v) is 32.6. The minimum Gasteiger partial charge on any atom is -0.508 e. The molecule has 0 fully saturated rings. The summed E-state index contributed by atoms with van der Waals surface area (Å²) in [6.45, 7) is 27.7. The fourth-order valence-corrected chi connectivity index (χ4v) is 12.1. The molecule has 0 saturated heterocycles. The van der Waals surface area contributed by atoms with Crippen molar-refractivity contribution in [2.45, 2.75) is 83.1 Å². The highest BCUT2D eigenvalue weighted by atomic mass is 16.6. The number of rotatable bonds is 31. The first-order valence-corrected chi connectivity index (χ1v) is 39.6. The van der Waals surface area contributed by atoms with Gasteiger partial charge in [0.2, 0.25) is 0 Å². The van der Waals surface area contributed by atoms with Crippen LogP contribution in [-0.4, -0.2) is 177 Å². The summed E-state index contributed by atoms with van der Waals surface area (Å²) in [6.07, 6.45) is 1.91. The number of hydrogen-bond acceptors (Lipinski definition) is 19. The van der Waals surface area contributed by atoms with E-state index < -0.39 is 27.6 Å². The molecule has 0 aliphatic carbocycles. The lowest BCUT2D eigenvalue weighted by molar-refractivity contribution is 0.000164. The number of amides is 3. The zero-order chi connectivity index (χ0) is 87.2. The number of phenolic OH excluding ortho intramolecular Hbond substituents is 2. The van der Waals surface area contributed by atoms with Crippen molar-refractivity contribution in [3.8, 4) is 45.6 Å². The number of nitrogens with one attached hydrogen (secondary N) is 8. The molecule has 5 heterocycles. The van der Waals surface area contributed by atoms with Crippen LogP contribution in [0.5, 0.6) is 23.0 Å². The van der Waals surface area contributed by atoms with Gasteiger partial charge in [-0.05, 0) is 187 Å². The van der Waals surface area contributed by atoms with Gasteiger partial charge < -0.3 is 89.3 Å². The molecule has 13 aromatic rings. The molecule has 634 valence electrons. The van der Waals surface area contributed by atoms with E-state index in [4.69, 9.17) is 38.3 Å². The number of carbonyl (C=O) groups excluding carboxylic acids is 7. The maximum atomic E-state index is 12.8. The monoisotopic (exact) mass is 1650 g/mol. The van der Waals surface area contributed by atoms with E-state index in [-0.39, 0.29) is 65.5 Å². The average molecular weight is 1650 g/mol. The van der Waals surface area contributed by atoms with Crippen LogP contribution in [0, 0.1) is 21.7 Å². The van der Waals surface area contributed by atoms with Gasteiger partial charge in [0.15, 0.2) is 34.8 Å². The highest BCUT2D eigenvalue weighted by Crippen LogP contribution is 2.32. The molecule has 0 bridgehead atoms. The van der Waals surface area contributed by atoms with E-state index in [1.165, 1.54) is 12.1 Å². The van der Waals surface area contributed by atoms with Gasteiger partial charge >= 0.3 is 0 Å². The Balaban J connectivity index is 0.000000171. The highest BCUT2D eigenvalue weighted by molar-refractivity contribution is 6.10. The molecule has 8 aromatic carbocycles. The van der Waals surface area contributed by atoms with Crippen LogP contribution in [0.25, 0.3) is 66.5 Å². The fourth-order valence-electron chi connectivity index (χ4n) is 12.1. The lowest BCUT2D eigenvalue weighted by Crippen LogP contribution is -2.20. The predicted octanol–water partition coefficient (Wildman–Crippen LogP) is 17.7. The van der Waals surface area contributed by atoms with Crippen LogP contribution in [0.1, 0.15) is 156 Å². The number of aromatic nitrogens is 7. The molecule has 5 aromatic heterocycles. The number of aliphatic hydroxyl groups is 1. The largest absolute Gasteiger partial charge is 0.508 e. The number of aliphatic hydroxyl groups excluding tert-OH is 1. The molecule has 121 heavy (non-hydrogen) atoms. The Kier molecular flexibility index (Phi) is 30.8. The second kappa shape index (κ2) is 41.2. The summed E-state index contributed by atoms with van der Waals surface area (Å²) >= 11 is 0. The number of phenols is 2. The second-order valence-electron chi connectivity index (χ2n) is 32.6. The molecule has 0 unspecified atom stereocenters. The molecular formula is C94H106N10O17. The molecule has 0 aliphatic heterocycles. The van der Waals surface area contributed by atoms with Crippen LogP contribution in [0.3, 0.4) is 0 Å². The van der Waals surface area contributed by atoms with E-state index in [0.717, 1.165) is 55.5 Å². The van der Waals surface area contributed by atoms with Crippen molar-refractivity contribution in [2.75, 3.05) is 102 Å². The van der Waals surface area contributed by atoms with Crippen LogP contribution in [0.4, 0.5) is 17.1 Å². The Morgan fingerprint density at radius 1 is 0.364 bits per heavy atom. The Hall–Kier alpha value is -12.9. The Morgan fingerprint density at radius 3 is 1.17 bits per heavy atom. The number of aromatic hydroxyl groups is 2. The minimum atomic E-state index is -0.479.